The maximum absolute atomic E-state index is 12.9. The van der Waals surface area contributed by atoms with Gasteiger partial charge in [-0.2, -0.15) is 0 Å². The molecule has 2 amide bonds. The predicted octanol–water partition coefficient (Wildman–Crippen LogP) is 3.54. The summed E-state index contributed by atoms with van der Waals surface area (Å²) in [6.07, 6.45) is 1.61. The normalized spacial score (nSPS) is 16.0. The molecule has 0 aliphatic carbocycles. The van der Waals surface area contributed by atoms with E-state index in [9.17, 15) is 9.59 Å². The van der Waals surface area contributed by atoms with Crippen LogP contribution in [0.25, 0.3) is 0 Å². The molecule has 1 aliphatic heterocycles. The van der Waals surface area contributed by atoms with E-state index in [2.05, 4.69) is 10.6 Å². The molecule has 1 aliphatic rings. The van der Waals surface area contributed by atoms with Crippen molar-refractivity contribution in [2.45, 2.75) is 25.3 Å². The minimum atomic E-state index is -0.659. The number of hydrogen-bond acceptors (Lipinski definition) is 7. The van der Waals surface area contributed by atoms with E-state index in [0.29, 0.717) is 35.1 Å². The fourth-order valence-electron chi connectivity index (χ4n) is 3.33. The van der Waals surface area contributed by atoms with Crippen molar-refractivity contribution < 1.29 is 28.2 Å². The van der Waals surface area contributed by atoms with E-state index >= 15 is 0 Å². The molecular weight excluding hydrogens is 420 g/mol. The molecule has 2 heterocycles. The molecule has 0 radical (unpaired) electrons. The van der Waals surface area contributed by atoms with Gasteiger partial charge in [0.2, 0.25) is 0 Å². The molecule has 0 bridgehead atoms. The van der Waals surface area contributed by atoms with E-state index in [1.807, 2.05) is 24.3 Å². The lowest BCUT2D eigenvalue weighted by Gasteiger charge is -2.29. The Labute approximate surface area is 185 Å². The number of hydrogen-bond donors (Lipinski definition) is 2. The van der Waals surface area contributed by atoms with Gasteiger partial charge in [0.05, 0.1) is 44.0 Å². The van der Waals surface area contributed by atoms with Gasteiger partial charge in [0.1, 0.15) is 11.5 Å². The molecule has 31 heavy (non-hydrogen) atoms. The Morgan fingerprint density at radius 3 is 2.74 bits per heavy atom. The average Bonchev–Trinajstić information content (AvgIpc) is 3.27. The Hall–Kier alpha value is -2.91. The van der Waals surface area contributed by atoms with Gasteiger partial charge in [-0.1, -0.05) is 6.07 Å². The third kappa shape index (κ3) is 5.62. The Morgan fingerprint density at radius 2 is 2.06 bits per heavy atom. The lowest BCUT2D eigenvalue weighted by Crippen LogP contribution is -2.46. The van der Waals surface area contributed by atoms with Crippen LogP contribution in [0.1, 0.15) is 29.9 Å². The summed E-state index contributed by atoms with van der Waals surface area (Å²) in [6.45, 7) is 2.31. The standard InChI is InChI=1S/C22H26N2O6S/c1-4-29-21(25)19-17(13-31-12-16-6-5-9-30-16)23-22(26)24-20(19)14-7-8-18(28-3)15(10-14)11-27-2/h5-10,20H,4,11-13H2,1-3H3,(H2,23,24,26). The summed E-state index contributed by atoms with van der Waals surface area (Å²) in [4.78, 5) is 25.3. The van der Waals surface area contributed by atoms with Crippen molar-refractivity contribution in [3.05, 3.63) is 64.8 Å². The summed E-state index contributed by atoms with van der Waals surface area (Å²) >= 11 is 1.53. The van der Waals surface area contributed by atoms with Gasteiger partial charge in [-0.15, -0.1) is 11.8 Å². The van der Waals surface area contributed by atoms with Crippen LogP contribution >= 0.6 is 11.8 Å². The third-order valence-corrected chi connectivity index (χ3v) is 5.64. The van der Waals surface area contributed by atoms with Crippen LogP contribution in [0.3, 0.4) is 0 Å². The van der Waals surface area contributed by atoms with Crippen molar-refractivity contribution >= 4 is 23.8 Å². The first-order valence-electron chi connectivity index (χ1n) is 9.80. The van der Waals surface area contributed by atoms with Crippen molar-refractivity contribution in [1.29, 1.82) is 0 Å². The molecule has 1 aromatic carbocycles. The highest BCUT2D eigenvalue weighted by atomic mass is 32.2. The lowest BCUT2D eigenvalue weighted by molar-refractivity contribution is -0.139. The number of esters is 1. The van der Waals surface area contributed by atoms with E-state index < -0.39 is 12.0 Å². The fourth-order valence-corrected chi connectivity index (χ4v) is 4.23. The molecule has 0 fully saturated rings. The minimum Gasteiger partial charge on any atom is -0.496 e. The molecule has 0 saturated carbocycles. The maximum Gasteiger partial charge on any atom is 0.338 e. The summed E-state index contributed by atoms with van der Waals surface area (Å²) in [5, 5.41) is 5.62. The number of urea groups is 1. The Bertz CT molecular complexity index is 941. The number of amides is 2. The highest BCUT2D eigenvalue weighted by Gasteiger charge is 2.34. The smallest absolute Gasteiger partial charge is 0.338 e. The van der Waals surface area contributed by atoms with E-state index in [0.717, 1.165) is 16.9 Å². The van der Waals surface area contributed by atoms with Crippen LogP contribution in [-0.4, -0.2) is 38.6 Å². The van der Waals surface area contributed by atoms with Crippen LogP contribution < -0.4 is 15.4 Å². The molecule has 2 aromatic rings. The van der Waals surface area contributed by atoms with Crippen molar-refractivity contribution in [2.75, 3.05) is 26.6 Å². The first-order valence-corrected chi connectivity index (χ1v) is 11.0. The van der Waals surface area contributed by atoms with Gasteiger partial charge in [-0.3, -0.25) is 0 Å². The first kappa shape index (κ1) is 22.8. The third-order valence-electron chi connectivity index (χ3n) is 4.66. The molecule has 3 rings (SSSR count). The molecule has 8 nitrogen and oxygen atoms in total. The van der Waals surface area contributed by atoms with Crippen LogP contribution in [0.15, 0.2) is 52.3 Å². The molecule has 0 saturated heterocycles. The monoisotopic (exact) mass is 446 g/mol. The van der Waals surface area contributed by atoms with Gasteiger partial charge in [0, 0.05) is 24.1 Å². The van der Waals surface area contributed by atoms with Crippen molar-refractivity contribution in [3.63, 3.8) is 0 Å². The van der Waals surface area contributed by atoms with Gasteiger partial charge in [0.25, 0.3) is 0 Å². The van der Waals surface area contributed by atoms with Gasteiger partial charge in [-0.25, -0.2) is 9.59 Å². The second-order valence-corrected chi connectivity index (χ2v) is 7.71. The van der Waals surface area contributed by atoms with Crippen molar-refractivity contribution in [3.8, 4) is 5.75 Å². The van der Waals surface area contributed by atoms with Gasteiger partial charge in [-0.05, 0) is 36.8 Å². The Kier molecular flexibility index (Phi) is 8.02. The van der Waals surface area contributed by atoms with E-state index in [1.54, 1.807) is 33.5 Å². The Morgan fingerprint density at radius 1 is 1.23 bits per heavy atom. The summed E-state index contributed by atoms with van der Waals surface area (Å²) in [5.74, 6) is 2.04. The van der Waals surface area contributed by atoms with Crippen LogP contribution in [0.5, 0.6) is 5.75 Å². The molecule has 1 unspecified atom stereocenters. The summed E-state index contributed by atoms with van der Waals surface area (Å²) in [6, 6.07) is 8.15. The molecule has 0 spiro atoms. The topological polar surface area (TPSA) is 99.0 Å². The van der Waals surface area contributed by atoms with Gasteiger partial charge >= 0.3 is 12.0 Å². The zero-order chi connectivity index (χ0) is 22.2. The average molecular weight is 447 g/mol. The zero-order valence-corrected chi connectivity index (χ0v) is 18.5. The number of ether oxygens (including phenoxy) is 3. The number of rotatable bonds is 10. The summed E-state index contributed by atoms with van der Waals surface area (Å²) in [7, 11) is 3.18. The minimum absolute atomic E-state index is 0.230. The second-order valence-electron chi connectivity index (χ2n) is 6.72. The molecular formula is C22H26N2O6S. The highest BCUT2D eigenvalue weighted by molar-refractivity contribution is 7.98. The SMILES string of the molecule is CCOC(=O)C1=C(CSCc2ccco2)NC(=O)NC1c1ccc(OC)c(COC)c1. The number of nitrogens with one attached hydrogen (secondary N) is 2. The number of furan rings is 1. The number of thioether (sulfide) groups is 1. The van der Waals surface area contributed by atoms with Crippen LogP contribution in [0.2, 0.25) is 0 Å². The zero-order valence-electron chi connectivity index (χ0n) is 17.7. The molecule has 1 atom stereocenters. The molecule has 9 heteroatoms. The fraction of sp³-hybridized carbons (Fsp3) is 0.364. The molecule has 1 aromatic heterocycles. The van der Waals surface area contributed by atoms with Crippen LogP contribution in [-0.2, 0) is 26.6 Å². The predicted molar refractivity (Wildman–Crippen MR) is 117 cm³/mol. The largest absolute Gasteiger partial charge is 0.496 e. The van der Waals surface area contributed by atoms with Crippen LogP contribution in [0, 0.1) is 0 Å². The lowest BCUT2D eigenvalue weighted by atomic mass is 9.94. The van der Waals surface area contributed by atoms with Crippen LogP contribution in [0.4, 0.5) is 4.79 Å². The quantitative estimate of drug-likeness (QED) is 0.539. The molecule has 166 valence electrons. The maximum atomic E-state index is 12.9. The van der Waals surface area contributed by atoms with Gasteiger partial charge in [0.15, 0.2) is 0 Å². The number of methoxy groups -OCH3 is 2. The Balaban J connectivity index is 1.95. The summed E-state index contributed by atoms with van der Waals surface area (Å²) < 4.78 is 21.3. The summed E-state index contributed by atoms with van der Waals surface area (Å²) in [5.41, 5.74) is 2.45. The van der Waals surface area contributed by atoms with Crippen molar-refractivity contribution in [1.82, 2.24) is 10.6 Å². The van der Waals surface area contributed by atoms with E-state index in [4.69, 9.17) is 18.6 Å². The number of carbonyl (C=O) groups excluding carboxylic acids is 2. The van der Waals surface area contributed by atoms with Gasteiger partial charge < -0.3 is 29.3 Å². The molecule has 2 N–H and O–H groups in total. The number of carbonyl (C=O) groups is 2. The highest BCUT2D eigenvalue weighted by Crippen LogP contribution is 2.32. The second kappa shape index (κ2) is 10.9. The first-order chi connectivity index (χ1) is 15.1. The van der Waals surface area contributed by atoms with Crippen molar-refractivity contribution in [2.24, 2.45) is 0 Å². The van der Waals surface area contributed by atoms with E-state index in [-0.39, 0.29) is 12.6 Å². The number of benzene rings is 1. The van der Waals surface area contributed by atoms with E-state index in [1.165, 1.54) is 11.8 Å².